The minimum Gasteiger partial charge on any atom is -0.478 e. The fraction of sp³-hybridized carbons (Fsp3) is 0.545. The van der Waals surface area contributed by atoms with Crippen molar-refractivity contribution in [1.82, 2.24) is 0 Å². The molecule has 0 aromatic rings. The summed E-state index contributed by atoms with van der Waals surface area (Å²) >= 11 is 0. The van der Waals surface area contributed by atoms with E-state index in [4.69, 9.17) is 5.11 Å². The average Bonchev–Trinajstić information content (AvgIpc) is 2.38. The van der Waals surface area contributed by atoms with Crippen LogP contribution >= 0.6 is 0 Å². The molecule has 0 bridgehead atoms. The summed E-state index contributed by atoms with van der Waals surface area (Å²) in [5, 5.41) is 8.59. The highest BCUT2D eigenvalue weighted by molar-refractivity contribution is 5.81. The predicted molar refractivity (Wildman–Crippen MR) is 50.3 cm³/mol. The van der Waals surface area contributed by atoms with E-state index in [9.17, 15) is 4.79 Å². The standard InChI is InChI=1S/C11H14O2/c1-2-7-3-8-5-9(6-11(12)13)10(8)4-7/h4,6,8,10H,2-3,5H2,1H3,(H,12,13). The van der Waals surface area contributed by atoms with Crippen molar-refractivity contribution < 1.29 is 9.90 Å². The smallest absolute Gasteiger partial charge is 0.328 e. The van der Waals surface area contributed by atoms with Crippen LogP contribution in [0.15, 0.2) is 23.3 Å². The van der Waals surface area contributed by atoms with Crippen molar-refractivity contribution in [2.75, 3.05) is 0 Å². The Morgan fingerprint density at radius 1 is 1.69 bits per heavy atom. The van der Waals surface area contributed by atoms with Crippen molar-refractivity contribution in [1.29, 1.82) is 0 Å². The number of fused-ring (bicyclic) bond motifs is 1. The molecule has 0 aliphatic heterocycles. The summed E-state index contributed by atoms with van der Waals surface area (Å²) < 4.78 is 0. The summed E-state index contributed by atoms with van der Waals surface area (Å²) in [4.78, 5) is 10.4. The number of hydrogen-bond donors (Lipinski definition) is 1. The topological polar surface area (TPSA) is 37.3 Å². The second-order valence-electron chi connectivity index (χ2n) is 3.93. The second kappa shape index (κ2) is 3.02. The maximum absolute atomic E-state index is 10.4. The number of allylic oxidation sites excluding steroid dienone is 3. The molecule has 2 unspecified atom stereocenters. The van der Waals surface area contributed by atoms with Crippen molar-refractivity contribution >= 4 is 5.97 Å². The van der Waals surface area contributed by atoms with Crippen LogP contribution in [0.1, 0.15) is 26.2 Å². The van der Waals surface area contributed by atoms with E-state index in [1.54, 1.807) is 0 Å². The van der Waals surface area contributed by atoms with E-state index >= 15 is 0 Å². The molecule has 0 aromatic heterocycles. The molecule has 1 N–H and O–H groups in total. The zero-order chi connectivity index (χ0) is 9.42. The summed E-state index contributed by atoms with van der Waals surface area (Å²) in [5.41, 5.74) is 2.62. The van der Waals surface area contributed by atoms with Crippen molar-refractivity contribution in [2.45, 2.75) is 26.2 Å². The lowest BCUT2D eigenvalue weighted by molar-refractivity contribution is -0.131. The van der Waals surface area contributed by atoms with Crippen LogP contribution in [0.4, 0.5) is 0 Å². The minimum atomic E-state index is -0.799. The predicted octanol–water partition coefficient (Wildman–Crippen LogP) is 2.37. The third kappa shape index (κ3) is 1.41. The molecule has 70 valence electrons. The van der Waals surface area contributed by atoms with Crippen LogP contribution in [-0.4, -0.2) is 11.1 Å². The van der Waals surface area contributed by atoms with E-state index in [1.807, 2.05) is 0 Å². The van der Waals surface area contributed by atoms with Gasteiger partial charge in [0.05, 0.1) is 0 Å². The number of rotatable bonds is 2. The van der Waals surface area contributed by atoms with Gasteiger partial charge >= 0.3 is 5.97 Å². The first-order chi connectivity index (χ1) is 6.20. The van der Waals surface area contributed by atoms with Crippen LogP contribution < -0.4 is 0 Å². The molecule has 2 heteroatoms. The number of carboxylic acids is 1. The van der Waals surface area contributed by atoms with Gasteiger partial charge in [-0.2, -0.15) is 0 Å². The van der Waals surface area contributed by atoms with E-state index in [0.29, 0.717) is 5.92 Å². The summed E-state index contributed by atoms with van der Waals surface area (Å²) in [5.74, 6) is 0.387. The fourth-order valence-corrected chi connectivity index (χ4v) is 2.38. The van der Waals surface area contributed by atoms with Crippen molar-refractivity contribution in [3.05, 3.63) is 23.3 Å². The van der Waals surface area contributed by atoms with Gasteiger partial charge in [0.25, 0.3) is 0 Å². The number of aliphatic carboxylic acids is 1. The maximum atomic E-state index is 10.4. The van der Waals surface area contributed by atoms with Gasteiger partial charge in [0.15, 0.2) is 0 Å². The Bertz CT molecular complexity index is 299. The highest BCUT2D eigenvalue weighted by atomic mass is 16.4. The summed E-state index contributed by atoms with van der Waals surface area (Å²) in [7, 11) is 0. The monoisotopic (exact) mass is 178 g/mol. The number of carbonyl (C=O) groups is 1. The van der Waals surface area contributed by atoms with Crippen molar-refractivity contribution in [3.63, 3.8) is 0 Å². The van der Waals surface area contributed by atoms with Gasteiger partial charge in [0, 0.05) is 12.0 Å². The molecule has 0 radical (unpaired) electrons. The van der Waals surface area contributed by atoms with Gasteiger partial charge in [-0.05, 0) is 25.2 Å². The molecule has 2 nitrogen and oxygen atoms in total. The highest BCUT2D eigenvalue weighted by Gasteiger charge is 2.38. The van der Waals surface area contributed by atoms with Crippen LogP contribution in [0.25, 0.3) is 0 Å². The van der Waals surface area contributed by atoms with Crippen LogP contribution in [0, 0.1) is 11.8 Å². The van der Waals surface area contributed by atoms with Crippen LogP contribution in [0.3, 0.4) is 0 Å². The zero-order valence-corrected chi connectivity index (χ0v) is 7.79. The molecule has 0 saturated heterocycles. The normalized spacial score (nSPS) is 33.9. The third-order valence-electron chi connectivity index (χ3n) is 3.14. The van der Waals surface area contributed by atoms with Gasteiger partial charge in [0.2, 0.25) is 0 Å². The van der Waals surface area contributed by atoms with E-state index in [2.05, 4.69) is 13.0 Å². The zero-order valence-electron chi connectivity index (χ0n) is 7.79. The summed E-state index contributed by atoms with van der Waals surface area (Å²) in [6.45, 7) is 2.16. The molecular weight excluding hydrogens is 164 g/mol. The van der Waals surface area contributed by atoms with Crippen molar-refractivity contribution in [3.8, 4) is 0 Å². The van der Waals surface area contributed by atoms with Crippen molar-refractivity contribution in [2.24, 2.45) is 11.8 Å². The summed E-state index contributed by atoms with van der Waals surface area (Å²) in [6, 6.07) is 0. The average molecular weight is 178 g/mol. The largest absolute Gasteiger partial charge is 0.478 e. The maximum Gasteiger partial charge on any atom is 0.328 e. The molecule has 0 heterocycles. The number of hydrogen-bond acceptors (Lipinski definition) is 1. The molecule has 2 aliphatic rings. The first kappa shape index (κ1) is 8.54. The molecule has 2 atom stereocenters. The molecule has 1 saturated carbocycles. The van der Waals surface area contributed by atoms with Gasteiger partial charge in [-0.3, -0.25) is 0 Å². The SMILES string of the molecule is CCC1=CC2C(=CC(=O)O)CC2C1. The van der Waals surface area contributed by atoms with Gasteiger partial charge < -0.3 is 5.11 Å². The van der Waals surface area contributed by atoms with Gasteiger partial charge in [-0.15, -0.1) is 0 Å². The molecule has 1 fully saturated rings. The first-order valence-corrected chi connectivity index (χ1v) is 4.83. The molecular formula is C11H14O2. The van der Waals surface area contributed by atoms with Crippen LogP contribution in [-0.2, 0) is 4.79 Å². The molecule has 2 aliphatic carbocycles. The fourth-order valence-electron chi connectivity index (χ4n) is 2.38. The quantitative estimate of drug-likeness (QED) is 0.520. The van der Waals surface area contributed by atoms with Gasteiger partial charge in [-0.25, -0.2) is 4.79 Å². The Hall–Kier alpha value is -1.05. The van der Waals surface area contributed by atoms with Crippen LogP contribution in [0.5, 0.6) is 0 Å². The molecule has 13 heavy (non-hydrogen) atoms. The first-order valence-electron chi connectivity index (χ1n) is 4.83. The number of carboxylic acid groups (broad SMARTS) is 1. The Labute approximate surface area is 78.0 Å². The molecule has 2 rings (SSSR count). The third-order valence-corrected chi connectivity index (χ3v) is 3.14. The second-order valence-corrected chi connectivity index (χ2v) is 3.93. The molecule has 0 spiro atoms. The molecule has 0 aromatic carbocycles. The highest BCUT2D eigenvalue weighted by Crippen LogP contribution is 2.49. The Morgan fingerprint density at radius 3 is 3.08 bits per heavy atom. The van der Waals surface area contributed by atoms with E-state index in [0.717, 1.165) is 24.3 Å². The van der Waals surface area contributed by atoms with E-state index < -0.39 is 5.97 Å². The Morgan fingerprint density at radius 2 is 2.46 bits per heavy atom. The van der Waals surface area contributed by atoms with E-state index in [1.165, 1.54) is 18.1 Å². The summed E-state index contributed by atoms with van der Waals surface area (Å²) in [6.07, 6.45) is 6.96. The van der Waals surface area contributed by atoms with Gasteiger partial charge in [-0.1, -0.05) is 24.1 Å². The Kier molecular flexibility index (Phi) is 1.98. The van der Waals surface area contributed by atoms with Crippen LogP contribution in [0.2, 0.25) is 0 Å². The lowest BCUT2D eigenvalue weighted by Gasteiger charge is -2.33. The minimum absolute atomic E-state index is 0.464. The van der Waals surface area contributed by atoms with Gasteiger partial charge in [0.1, 0.15) is 0 Å². The lowest BCUT2D eigenvalue weighted by atomic mass is 9.71. The van der Waals surface area contributed by atoms with E-state index in [-0.39, 0.29) is 0 Å². The lowest BCUT2D eigenvalue weighted by Crippen LogP contribution is -2.24. The molecule has 0 amide bonds. The Balaban J connectivity index is 2.09.